The Morgan fingerprint density at radius 1 is 1.27 bits per heavy atom. The van der Waals surface area contributed by atoms with Crippen molar-refractivity contribution in [3.05, 3.63) is 30.3 Å². The molecule has 80 valence electrons. The molecule has 0 unspecified atom stereocenters. The first-order chi connectivity index (χ1) is 7.06. The molecule has 0 saturated carbocycles. The van der Waals surface area contributed by atoms with E-state index in [0.29, 0.717) is 0 Å². The second kappa shape index (κ2) is 3.30. The van der Waals surface area contributed by atoms with E-state index in [9.17, 15) is 0 Å². The molecule has 2 aromatic rings. The van der Waals surface area contributed by atoms with Crippen LogP contribution in [0.5, 0.6) is 0 Å². The van der Waals surface area contributed by atoms with Gasteiger partial charge in [-0.3, -0.25) is 0 Å². The second-order valence-electron chi connectivity index (χ2n) is 4.63. The summed E-state index contributed by atoms with van der Waals surface area (Å²) in [6, 6.07) is 10.4. The smallest absolute Gasteiger partial charge is 0.104 e. The van der Waals surface area contributed by atoms with Crippen LogP contribution in [-0.4, -0.2) is 4.57 Å². The van der Waals surface area contributed by atoms with Crippen molar-refractivity contribution >= 4 is 16.7 Å². The van der Waals surface area contributed by atoms with Crippen molar-refractivity contribution in [2.24, 2.45) is 0 Å². The van der Waals surface area contributed by atoms with Gasteiger partial charge >= 0.3 is 0 Å². The van der Waals surface area contributed by atoms with Crippen LogP contribution >= 0.6 is 0 Å². The molecule has 0 aliphatic rings. The molecule has 0 aliphatic carbocycles. The Kier molecular flexibility index (Phi) is 2.22. The van der Waals surface area contributed by atoms with Crippen LogP contribution in [0.3, 0.4) is 0 Å². The van der Waals surface area contributed by atoms with E-state index in [1.807, 2.05) is 12.1 Å². The predicted octanol–water partition coefficient (Wildman–Crippen LogP) is 3.37. The quantitative estimate of drug-likeness (QED) is 0.795. The molecular formula is C13H18N2. The number of nitrogen functional groups attached to an aromatic ring is 1. The van der Waals surface area contributed by atoms with E-state index >= 15 is 0 Å². The van der Waals surface area contributed by atoms with E-state index in [0.717, 1.165) is 12.2 Å². The molecule has 0 bridgehead atoms. The summed E-state index contributed by atoms with van der Waals surface area (Å²) in [5.74, 6) is 0.850. The van der Waals surface area contributed by atoms with Gasteiger partial charge in [0, 0.05) is 10.9 Å². The third-order valence-electron chi connectivity index (χ3n) is 3.21. The maximum absolute atomic E-state index is 6.08. The molecule has 0 spiro atoms. The minimum Gasteiger partial charge on any atom is -0.385 e. The van der Waals surface area contributed by atoms with Crippen molar-refractivity contribution in [2.45, 2.75) is 32.7 Å². The third-order valence-corrected chi connectivity index (χ3v) is 3.21. The van der Waals surface area contributed by atoms with Gasteiger partial charge in [0.1, 0.15) is 5.82 Å². The van der Waals surface area contributed by atoms with Crippen LogP contribution in [0.2, 0.25) is 0 Å². The fourth-order valence-corrected chi connectivity index (χ4v) is 2.01. The number of nitrogens with two attached hydrogens (primary N) is 1. The average molecular weight is 202 g/mol. The summed E-state index contributed by atoms with van der Waals surface area (Å²) in [6.07, 6.45) is 1.07. The van der Waals surface area contributed by atoms with E-state index in [-0.39, 0.29) is 5.54 Å². The SMILES string of the molecule is CCC(C)(C)n1c(N)cc2ccccc21. The number of hydrogen-bond acceptors (Lipinski definition) is 1. The van der Waals surface area contributed by atoms with E-state index < -0.39 is 0 Å². The van der Waals surface area contributed by atoms with Crippen molar-refractivity contribution < 1.29 is 0 Å². The molecule has 2 nitrogen and oxygen atoms in total. The molecule has 2 N–H and O–H groups in total. The monoisotopic (exact) mass is 202 g/mol. The molecule has 0 atom stereocenters. The predicted molar refractivity (Wildman–Crippen MR) is 66.0 cm³/mol. The van der Waals surface area contributed by atoms with Crippen LogP contribution in [0.25, 0.3) is 10.9 Å². The largest absolute Gasteiger partial charge is 0.385 e. The van der Waals surface area contributed by atoms with Crippen LogP contribution in [-0.2, 0) is 5.54 Å². The summed E-state index contributed by atoms with van der Waals surface area (Å²) in [6.45, 7) is 6.62. The lowest BCUT2D eigenvalue weighted by Gasteiger charge is -2.27. The lowest BCUT2D eigenvalue weighted by molar-refractivity contribution is 0.359. The van der Waals surface area contributed by atoms with Gasteiger partial charge in [-0.1, -0.05) is 25.1 Å². The highest BCUT2D eigenvalue weighted by Gasteiger charge is 2.21. The number of benzene rings is 1. The number of rotatable bonds is 2. The minimum absolute atomic E-state index is 0.0766. The number of para-hydroxylation sites is 1. The fraction of sp³-hybridized carbons (Fsp3) is 0.385. The summed E-state index contributed by atoms with van der Waals surface area (Å²) in [4.78, 5) is 0. The molecule has 0 aliphatic heterocycles. The maximum Gasteiger partial charge on any atom is 0.104 e. The van der Waals surface area contributed by atoms with Gasteiger partial charge in [-0.2, -0.15) is 0 Å². The van der Waals surface area contributed by atoms with E-state index in [1.54, 1.807) is 0 Å². The van der Waals surface area contributed by atoms with Crippen LogP contribution in [0, 0.1) is 0 Å². The van der Waals surface area contributed by atoms with Crippen molar-refractivity contribution in [3.63, 3.8) is 0 Å². The zero-order valence-electron chi connectivity index (χ0n) is 9.62. The molecule has 0 radical (unpaired) electrons. The highest BCUT2D eigenvalue weighted by Crippen LogP contribution is 2.30. The average Bonchev–Trinajstić information content (AvgIpc) is 2.54. The van der Waals surface area contributed by atoms with Crippen molar-refractivity contribution in [1.29, 1.82) is 0 Å². The van der Waals surface area contributed by atoms with E-state index in [2.05, 4.69) is 43.5 Å². The van der Waals surface area contributed by atoms with Crippen molar-refractivity contribution in [3.8, 4) is 0 Å². The molecule has 0 fully saturated rings. The maximum atomic E-state index is 6.08. The Balaban J connectivity index is 2.74. The van der Waals surface area contributed by atoms with Gasteiger partial charge in [0.15, 0.2) is 0 Å². The van der Waals surface area contributed by atoms with Gasteiger partial charge in [0.25, 0.3) is 0 Å². The summed E-state index contributed by atoms with van der Waals surface area (Å²) >= 11 is 0. The van der Waals surface area contributed by atoms with Crippen LogP contribution in [0.1, 0.15) is 27.2 Å². The number of hydrogen-bond donors (Lipinski definition) is 1. The second-order valence-corrected chi connectivity index (χ2v) is 4.63. The summed E-state index contributed by atoms with van der Waals surface area (Å²) in [5.41, 5.74) is 7.38. The zero-order chi connectivity index (χ0) is 11.1. The van der Waals surface area contributed by atoms with Crippen molar-refractivity contribution in [1.82, 2.24) is 4.57 Å². The Bertz CT molecular complexity index is 480. The Morgan fingerprint density at radius 2 is 1.93 bits per heavy atom. The summed E-state index contributed by atoms with van der Waals surface area (Å²) in [7, 11) is 0. The number of nitrogens with zero attached hydrogens (tertiary/aromatic N) is 1. The topological polar surface area (TPSA) is 30.9 Å². The van der Waals surface area contributed by atoms with Crippen LogP contribution in [0.4, 0.5) is 5.82 Å². The Labute approximate surface area is 90.7 Å². The first-order valence-corrected chi connectivity index (χ1v) is 5.42. The van der Waals surface area contributed by atoms with Crippen LogP contribution < -0.4 is 5.73 Å². The molecule has 2 rings (SSSR count). The Hall–Kier alpha value is -1.44. The molecule has 0 amide bonds. The van der Waals surface area contributed by atoms with E-state index in [4.69, 9.17) is 5.73 Å². The number of aromatic nitrogens is 1. The van der Waals surface area contributed by atoms with Gasteiger partial charge in [-0.05, 0) is 32.4 Å². The summed E-state index contributed by atoms with van der Waals surface area (Å²) in [5, 5.41) is 1.22. The minimum atomic E-state index is 0.0766. The Morgan fingerprint density at radius 3 is 2.60 bits per heavy atom. The van der Waals surface area contributed by atoms with Gasteiger partial charge in [-0.15, -0.1) is 0 Å². The van der Waals surface area contributed by atoms with Crippen molar-refractivity contribution in [2.75, 3.05) is 5.73 Å². The molecule has 1 aromatic heterocycles. The standard InChI is InChI=1S/C13H18N2/c1-4-13(2,3)15-11-8-6-5-7-10(11)9-12(15)14/h5-9H,4,14H2,1-3H3. The third kappa shape index (κ3) is 1.50. The molecule has 15 heavy (non-hydrogen) atoms. The highest BCUT2D eigenvalue weighted by atomic mass is 15.1. The number of fused-ring (bicyclic) bond motifs is 1. The van der Waals surface area contributed by atoms with Gasteiger partial charge < -0.3 is 10.3 Å². The lowest BCUT2D eigenvalue weighted by Crippen LogP contribution is -2.26. The first kappa shape index (κ1) is 10.1. The van der Waals surface area contributed by atoms with Crippen LogP contribution in [0.15, 0.2) is 30.3 Å². The molecular weight excluding hydrogens is 184 g/mol. The highest BCUT2D eigenvalue weighted by molar-refractivity contribution is 5.84. The first-order valence-electron chi connectivity index (χ1n) is 5.42. The molecule has 0 saturated heterocycles. The van der Waals surface area contributed by atoms with Gasteiger partial charge in [0.05, 0.1) is 5.52 Å². The van der Waals surface area contributed by atoms with E-state index in [1.165, 1.54) is 10.9 Å². The van der Waals surface area contributed by atoms with Gasteiger partial charge in [0.2, 0.25) is 0 Å². The summed E-state index contributed by atoms with van der Waals surface area (Å²) < 4.78 is 2.22. The fourth-order valence-electron chi connectivity index (χ4n) is 2.01. The van der Waals surface area contributed by atoms with Gasteiger partial charge in [-0.25, -0.2) is 0 Å². The molecule has 2 heteroatoms. The molecule has 1 heterocycles. The molecule has 1 aromatic carbocycles. The zero-order valence-corrected chi connectivity index (χ0v) is 9.62. The lowest BCUT2D eigenvalue weighted by atomic mass is 10.0. The normalized spacial score (nSPS) is 12.2. The number of anilines is 1.